The third-order valence-electron chi connectivity index (χ3n) is 8.51. The summed E-state index contributed by atoms with van der Waals surface area (Å²) < 4.78 is 49.0. The van der Waals surface area contributed by atoms with Crippen molar-refractivity contribution in [3.8, 4) is 6.07 Å². The van der Waals surface area contributed by atoms with E-state index in [1.54, 1.807) is 18.2 Å². The Morgan fingerprint density at radius 3 is 2.54 bits per heavy atom. The molecule has 2 aliphatic heterocycles. The summed E-state index contributed by atoms with van der Waals surface area (Å²) in [6, 6.07) is 7.01. The zero-order valence-corrected chi connectivity index (χ0v) is 22.6. The second-order valence-corrected chi connectivity index (χ2v) is 11.9. The molecule has 41 heavy (non-hydrogen) atoms. The van der Waals surface area contributed by atoms with Crippen LogP contribution in [-0.4, -0.2) is 77.5 Å². The first kappa shape index (κ1) is 28.4. The molecule has 0 spiro atoms. The van der Waals surface area contributed by atoms with Crippen LogP contribution in [0.5, 0.6) is 0 Å². The van der Waals surface area contributed by atoms with Gasteiger partial charge in [0.1, 0.15) is 17.5 Å². The van der Waals surface area contributed by atoms with Crippen molar-refractivity contribution >= 4 is 34.5 Å². The van der Waals surface area contributed by atoms with E-state index in [9.17, 15) is 37.9 Å². The fourth-order valence-electron chi connectivity index (χ4n) is 6.05. The third-order valence-corrected chi connectivity index (χ3v) is 8.51. The van der Waals surface area contributed by atoms with Gasteiger partial charge in [0.25, 0.3) is 5.91 Å². The molecule has 3 heterocycles. The Hall–Kier alpha value is -4.12. The molecule has 0 radical (unpaired) electrons. The molecule has 3 amide bonds. The van der Waals surface area contributed by atoms with Gasteiger partial charge >= 0.3 is 12.3 Å². The van der Waals surface area contributed by atoms with Crippen molar-refractivity contribution in [1.82, 2.24) is 20.7 Å². The number of alkyl halides is 3. The number of hydrogen-bond donors (Lipinski definition) is 3. The number of hydrogen-bond acceptors (Lipinski definition) is 7. The molecule has 4 atom stereocenters. The van der Waals surface area contributed by atoms with E-state index in [4.69, 9.17) is 4.74 Å². The number of halogens is 3. The number of amides is 3. The van der Waals surface area contributed by atoms with Crippen molar-refractivity contribution in [2.24, 2.45) is 16.2 Å². The number of nitrogens with one attached hydrogen (secondary N) is 2. The van der Waals surface area contributed by atoms with Crippen molar-refractivity contribution in [2.45, 2.75) is 45.5 Å². The number of carbonyl (C=O) groups excluding carboxylic acids is 2. The SMILES string of the molecule is CC(C)(C)C1CN(C(=O)O)C(C(=O)NNC(=O)[C@]23CN(c4ccc(C#N)c5ncccc45)C[C@@]2(C(F)(F)F)C3)CO1. The highest BCUT2D eigenvalue weighted by Gasteiger charge is 2.86. The molecule has 2 saturated heterocycles. The molecular formula is C27H29F3N6O5. The van der Waals surface area contributed by atoms with E-state index in [1.807, 2.05) is 26.8 Å². The van der Waals surface area contributed by atoms with Gasteiger partial charge in [0.05, 0.1) is 35.8 Å². The largest absolute Gasteiger partial charge is 0.465 e. The zero-order chi connectivity index (χ0) is 30.0. The molecule has 1 aromatic carbocycles. The first-order valence-electron chi connectivity index (χ1n) is 13.0. The molecule has 218 valence electrons. The van der Waals surface area contributed by atoms with Crippen LogP contribution in [0.2, 0.25) is 0 Å². The van der Waals surface area contributed by atoms with E-state index in [0.717, 1.165) is 4.90 Å². The molecular weight excluding hydrogens is 545 g/mol. The van der Waals surface area contributed by atoms with Crippen LogP contribution < -0.4 is 15.8 Å². The lowest BCUT2D eigenvalue weighted by atomic mass is 9.87. The minimum atomic E-state index is -4.72. The molecule has 2 aromatic rings. The highest BCUT2D eigenvalue weighted by Crippen LogP contribution is 2.75. The van der Waals surface area contributed by atoms with Crippen LogP contribution in [0.25, 0.3) is 10.9 Å². The van der Waals surface area contributed by atoms with Crippen molar-refractivity contribution in [3.05, 3.63) is 36.0 Å². The van der Waals surface area contributed by atoms with Gasteiger partial charge in [-0.05, 0) is 36.1 Å². The number of benzene rings is 1. The number of morpholine rings is 1. The Morgan fingerprint density at radius 2 is 1.90 bits per heavy atom. The lowest BCUT2D eigenvalue weighted by molar-refractivity contribution is -0.191. The van der Waals surface area contributed by atoms with E-state index in [-0.39, 0.29) is 25.3 Å². The fraction of sp³-hybridized carbons (Fsp3) is 0.519. The van der Waals surface area contributed by atoms with E-state index in [0.29, 0.717) is 16.6 Å². The van der Waals surface area contributed by atoms with E-state index in [2.05, 4.69) is 15.8 Å². The molecule has 1 aliphatic carbocycles. The maximum Gasteiger partial charge on any atom is 0.408 e. The first-order chi connectivity index (χ1) is 19.1. The third kappa shape index (κ3) is 4.48. The number of carboxylic acid groups (broad SMARTS) is 1. The Balaban J connectivity index is 1.35. The Labute approximate surface area is 233 Å². The molecule has 3 N–H and O–H groups in total. The summed E-state index contributed by atoms with van der Waals surface area (Å²) >= 11 is 0. The van der Waals surface area contributed by atoms with Crippen LogP contribution in [0.3, 0.4) is 0 Å². The van der Waals surface area contributed by atoms with Crippen molar-refractivity contribution in [2.75, 3.05) is 31.1 Å². The number of anilines is 1. The average molecular weight is 575 g/mol. The monoisotopic (exact) mass is 574 g/mol. The second kappa shape index (κ2) is 9.47. The van der Waals surface area contributed by atoms with E-state index >= 15 is 0 Å². The number of hydrazine groups is 1. The molecule has 3 fully saturated rings. The molecule has 14 heteroatoms. The van der Waals surface area contributed by atoms with Gasteiger partial charge in [-0.3, -0.25) is 30.3 Å². The smallest absolute Gasteiger partial charge is 0.408 e. The molecule has 2 unspecified atom stereocenters. The Bertz CT molecular complexity index is 1470. The number of pyridine rings is 1. The van der Waals surface area contributed by atoms with Gasteiger partial charge in [0.15, 0.2) is 0 Å². The summed E-state index contributed by atoms with van der Waals surface area (Å²) in [5, 5.41) is 19.6. The molecule has 0 bridgehead atoms. The van der Waals surface area contributed by atoms with Crippen LogP contribution in [-0.2, 0) is 14.3 Å². The maximum atomic E-state index is 14.4. The highest BCUT2D eigenvalue weighted by molar-refractivity contribution is 5.97. The van der Waals surface area contributed by atoms with Gasteiger partial charge in [-0.1, -0.05) is 20.8 Å². The Kier molecular flexibility index (Phi) is 6.56. The number of nitriles is 1. The minimum Gasteiger partial charge on any atom is -0.465 e. The van der Waals surface area contributed by atoms with Gasteiger partial charge in [-0.2, -0.15) is 18.4 Å². The van der Waals surface area contributed by atoms with E-state index < -0.39 is 65.4 Å². The number of ether oxygens (including phenoxy) is 1. The van der Waals surface area contributed by atoms with Crippen LogP contribution in [0.1, 0.15) is 32.8 Å². The van der Waals surface area contributed by atoms with Crippen LogP contribution in [0.4, 0.5) is 23.7 Å². The van der Waals surface area contributed by atoms with Gasteiger partial charge < -0.3 is 14.7 Å². The molecule has 3 aliphatic rings. The number of rotatable bonds is 3. The van der Waals surface area contributed by atoms with Gasteiger partial charge in [0, 0.05) is 30.4 Å². The number of carbonyl (C=O) groups is 3. The second-order valence-electron chi connectivity index (χ2n) is 11.9. The van der Waals surface area contributed by atoms with Crippen molar-refractivity contribution in [3.63, 3.8) is 0 Å². The summed E-state index contributed by atoms with van der Waals surface area (Å²) in [5.74, 6) is -1.94. The van der Waals surface area contributed by atoms with Crippen LogP contribution >= 0.6 is 0 Å². The molecule has 1 saturated carbocycles. The van der Waals surface area contributed by atoms with Crippen LogP contribution in [0.15, 0.2) is 30.5 Å². The maximum absolute atomic E-state index is 14.4. The van der Waals surface area contributed by atoms with Gasteiger partial charge in [0.2, 0.25) is 5.91 Å². The first-order valence-corrected chi connectivity index (χ1v) is 13.0. The summed E-state index contributed by atoms with van der Waals surface area (Å²) in [6.45, 7) is 4.44. The van der Waals surface area contributed by atoms with Crippen molar-refractivity contribution in [1.29, 1.82) is 5.26 Å². The highest BCUT2D eigenvalue weighted by atomic mass is 19.4. The predicted molar refractivity (Wildman–Crippen MR) is 138 cm³/mol. The number of fused-ring (bicyclic) bond motifs is 2. The molecule has 5 rings (SSSR count). The van der Waals surface area contributed by atoms with Gasteiger partial charge in [-0.25, -0.2) is 4.79 Å². The quantitative estimate of drug-likeness (QED) is 0.474. The summed E-state index contributed by atoms with van der Waals surface area (Å²) in [7, 11) is 0. The molecule has 11 nitrogen and oxygen atoms in total. The number of aromatic nitrogens is 1. The van der Waals surface area contributed by atoms with Gasteiger partial charge in [-0.15, -0.1) is 0 Å². The number of piperidine rings is 1. The lowest BCUT2D eigenvalue weighted by Crippen LogP contribution is -2.62. The standard InChI is InChI=1S/C27H29F3N6O5/c1-24(2,3)19-10-36(23(39)40)18(11-41-19)21(37)33-34-22(38)25-12-26(25,27(28,29)30)14-35(13-25)17-7-6-15(9-31)20-16(17)5-4-8-32-20/h4-8,18-19H,10-14H2,1-3H3,(H,33,37)(H,34,38)(H,39,40)/t18?,19?,25-,26-/m0/s1. The fourth-order valence-corrected chi connectivity index (χ4v) is 6.05. The van der Waals surface area contributed by atoms with Crippen molar-refractivity contribution < 1.29 is 37.4 Å². The zero-order valence-electron chi connectivity index (χ0n) is 22.6. The normalized spacial score (nSPS) is 27.6. The van der Waals surface area contributed by atoms with Crippen LogP contribution in [0, 0.1) is 27.6 Å². The summed E-state index contributed by atoms with van der Waals surface area (Å²) in [5.41, 5.74) is 0.647. The summed E-state index contributed by atoms with van der Waals surface area (Å²) in [6.07, 6.45) is -5.54. The predicted octanol–water partition coefficient (Wildman–Crippen LogP) is 2.81. The topological polar surface area (TPSA) is 148 Å². The number of nitrogens with zero attached hydrogens (tertiary/aromatic N) is 4. The average Bonchev–Trinajstić information content (AvgIpc) is 3.47. The Morgan fingerprint density at radius 1 is 1.17 bits per heavy atom. The minimum absolute atomic E-state index is 0.0889. The summed E-state index contributed by atoms with van der Waals surface area (Å²) in [4.78, 5) is 44.6. The lowest BCUT2D eigenvalue weighted by Gasteiger charge is -2.42. The molecule has 1 aromatic heterocycles. The van der Waals surface area contributed by atoms with E-state index in [1.165, 1.54) is 17.2 Å².